The predicted octanol–water partition coefficient (Wildman–Crippen LogP) is 0.654. The maximum absolute atomic E-state index is 11.9. The average Bonchev–Trinajstić information content (AvgIpc) is 2.74. The molecule has 0 amide bonds. The highest BCUT2D eigenvalue weighted by Gasteiger charge is 2.16. The van der Waals surface area contributed by atoms with E-state index in [9.17, 15) is 9.59 Å². The van der Waals surface area contributed by atoms with E-state index in [0.717, 1.165) is 6.42 Å². The van der Waals surface area contributed by atoms with Gasteiger partial charge in [0.15, 0.2) is 11.2 Å². The molecule has 0 aromatic carbocycles. The molecule has 0 aliphatic rings. The van der Waals surface area contributed by atoms with Crippen LogP contribution in [0.15, 0.2) is 9.59 Å². The minimum Gasteiger partial charge on any atom is -0.353 e. The molecule has 0 fully saturated rings. The van der Waals surface area contributed by atoms with E-state index < -0.39 is 11.2 Å². The SMILES string of the molecule is CCC(C)Nc1nc2c(c(=O)[nH]c(=O)n2C)n1CC. The number of aryl methyl sites for hydroxylation is 2. The molecule has 1 atom stereocenters. The van der Waals surface area contributed by atoms with Crippen LogP contribution < -0.4 is 16.6 Å². The number of hydrogen-bond donors (Lipinski definition) is 2. The minimum atomic E-state index is -0.451. The number of nitrogens with one attached hydrogen (secondary N) is 2. The first-order valence-electron chi connectivity index (χ1n) is 6.45. The molecule has 2 aromatic heterocycles. The highest BCUT2D eigenvalue weighted by Crippen LogP contribution is 2.16. The van der Waals surface area contributed by atoms with Crippen molar-refractivity contribution in [3.05, 3.63) is 20.8 Å². The van der Waals surface area contributed by atoms with Crippen LogP contribution in [0.4, 0.5) is 5.95 Å². The Labute approximate surface area is 110 Å². The van der Waals surface area contributed by atoms with E-state index in [2.05, 4.69) is 22.2 Å². The number of imidazole rings is 1. The summed E-state index contributed by atoms with van der Waals surface area (Å²) in [5.41, 5.74) is -0.0187. The molecule has 0 saturated carbocycles. The summed E-state index contributed by atoms with van der Waals surface area (Å²) in [6, 6.07) is 0.248. The van der Waals surface area contributed by atoms with Crippen LogP contribution in [0, 0.1) is 0 Å². The number of nitrogens with zero attached hydrogens (tertiary/aromatic N) is 3. The van der Waals surface area contributed by atoms with Gasteiger partial charge in [0, 0.05) is 19.6 Å². The molecular formula is C12H19N5O2. The van der Waals surface area contributed by atoms with Crippen molar-refractivity contribution in [1.29, 1.82) is 0 Å². The summed E-state index contributed by atoms with van der Waals surface area (Å²) in [4.78, 5) is 30.2. The van der Waals surface area contributed by atoms with Gasteiger partial charge in [-0.3, -0.25) is 14.3 Å². The zero-order valence-electron chi connectivity index (χ0n) is 11.6. The average molecular weight is 265 g/mol. The molecule has 2 N–H and O–H groups in total. The Morgan fingerprint density at radius 1 is 1.37 bits per heavy atom. The molecule has 2 rings (SSSR count). The molecule has 0 aliphatic carbocycles. The fourth-order valence-corrected chi connectivity index (χ4v) is 1.98. The Kier molecular flexibility index (Phi) is 3.46. The van der Waals surface area contributed by atoms with E-state index in [1.165, 1.54) is 4.57 Å². The lowest BCUT2D eigenvalue weighted by Crippen LogP contribution is -2.29. The van der Waals surface area contributed by atoms with Crippen molar-refractivity contribution >= 4 is 17.1 Å². The van der Waals surface area contributed by atoms with Crippen molar-refractivity contribution in [3.63, 3.8) is 0 Å². The number of fused-ring (bicyclic) bond motifs is 1. The maximum atomic E-state index is 11.9. The first-order chi connectivity index (χ1) is 8.99. The molecule has 0 bridgehead atoms. The molecule has 0 spiro atoms. The highest BCUT2D eigenvalue weighted by atomic mass is 16.2. The Morgan fingerprint density at radius 2 is 2.05 bits per heavy atom. The summed E-state index contributed by atoms with van der Waals surface area (Å²) in [6.45, 7) is 6.66. The topological polar surface area (TPSA) is 84.7 Å². The standard InChI is InChI=1S/C12H19N5O2/c1-5-7(3)13-11-14-9-8(17(11)6-2)10(18)15-12(19)16(9)4/h7H,5-6H2,1-4H3,(H,13,14)(H,15,18,19). The van der Waals surface area contributed by atoms with E-state index in [1.807, 2.05) is 13.8 Å². The lowest BCUT2D eigenvalue weighted by atomic mass is 10.3. The number of hydrogen-bond acceptors (Lipinski definition) is 4. The van der Waals surface area contributed by atoms with E-state index in [0.29, 0.717) is 23.7 Å². The van der Waals surface area contributed by atoms with Crippen molar-refractivity contribution in [2.24, 2.45) is 7.05 Å². The van der Waals surface area contributed by atoms with E-state index in [4.69, 9.17) is 0 Å². The van der Waals surface area contributed by atoms with Crippen LogP contribution in [0.1, 0.15) is 27.2 Å². The molecule has 2 heterocycles. The molecule has 104 valence electrons. The fraction of sp³-hybridized carbons (Fsp3) is 0.583. The van der Waals surface area contributed by atoms with Gasteiger partial charge < -0.3 is 9.88 Å². The monoisotopic (exact) mass is 265 g/mol. The smallest absolute Gasteiger partial charge is 0.329 e. The van der Waals surface area contributed by atoms with Gasteiger partial charge in [0.2, 0.25) is 5.95 Å². The zero-order chi connectivity index (χ0) is 14.2. The summed E-state index contributed by atoms with van der Waals surface area (Å²) in [5.74, 6) is 0.624. The minimum absolute atomic E-state index is 0.248. The molecule has 1 unspecified atom stereocenters. The second kappa shape index (κ2) is 4.91. The number of aromatic nitrogens is 4. The molecule has 0 saturated heterocycles. The van der Waals surface area contributed by atoms with Crippen molar-refractivity contribution in [2.75, 3.05) is 5.32 Å². The van der Waals surface area contributed by atoms with Gasteiger partial charge in [-0.2, -0.15) is 4.98 Å². The van der Waals surface area contributed by atoms with Crippen molar-refractivity contribution < 1.29 is 0 Å². The molecule has 0 aliphatic heterocycles. The lowest BCUT2D eigenvalue weighted by Gasteiger charge is -2.13. The number of rotatable bonds is 4. The quantitative estimate of drug-likeness (QED) is 0.850. The Hall–Kier alpha value is -2.05. The van der Waals surface area contributed by atoms with E-state index >= 15 is 0 Å². The first-order valence-corrected chi connectivity index (χ1v) is 6.45. The summed E-state index contributed by atoms with van der Waals surface area (Å²) in [5, 5.41) is 3.26. The van der Waals surface area contributed by atoms with Crippen LogP contribution in [-0.4, -0.2) is 25.1 Å². The summed E-state index contributed by atoms with van der Waals surface area (Å²) >= 11 is 0. The Morgan fingerprint density at radius 3 is 2.63 bits per heavy atom. The van der Waals surface area contributed by atoms with Crippen LogP contribution in [0.2, 0.25) is 0 Å². The van der Waals surface area contributed by atoms with Gasteiger partial charge >= 0.3 is 5.69 Å². The van der Waals surface area contributed by atoms with Gasteiger partial charge in [-0.1, -0.05) is 6.92 Å². The second-order valence-electron chi connectivity index (χ2n) is 4.62. The van der Waals surface area contributed by atoms with Gasteiger partial charge in [0.25, 0.3) is 5.56 Å². The van der Waals surface area contributed by atoms with Gasteiger partial charge in [-0.15, -0.1) is 0 Å². The third-order valence-electron chi connectivity index (χ3n) is 3.31. The van der Waals surface area contributed by atoms with Crippen LogP contribution >= 0.6 is 0 Å². The van der Waals surface area contributed by atoms with Crippen LogP contribution in [0.3, 0.4) is 0 Å². The van der Waals surface area contributed by atoms with Crippen molar-refractivity contribution in [3.8, 4) is 0 Å². The highest BCUT2D eigenvalue weighted by molar-refractivity contribution is 5.74. The number of aromatic amines is 1. The van der Waals surface area contributed by atoms with E-state index in [-0.39, 0.29) is 6.04 Å². The fourth-order valence-electron chi connectivity index (χ4n) is 1.98. The number of anilines is 1. The molecule has 2 aromatic rings. The number of H-pyrrole nitrogens is 1. The first kappa shape index (κ1) is 13.4. The molecule has 7 nitrogen and oxygen atoms in total. The Balaban J connectivity index is 2.74. The van der Waals surface area contributed by atoms with Crippen molar-refractivity contribution in [2.45, 2.75) is 39.8 Å². The van der Waals surface area contributed by atoms with Crippen LogP contribution in [-0.2, 0) is 13.6 Å². The van der Waals surface area contributed by atoms with Gasteiger partial charge in [0.1, 0.15) is 0 Å². The van der Waals surface area contributed by atoms with Crippen LogP contribution in [0.25, 0.3) is 11.2 Å². The third kappa shape index (κ3) is 2.16. The molecule has 7 heteroatoms. The maximum Gasteiger partial charge on any atom is 0.329 e. The molecule has 0 radical (unpaired) electrons. The third-order valence-corrected chi connectivity index (χ3v) is 3.31. The lowest BCUT2D eigenvalue weighted by molar-refractivity contribution is 0.719. The summed E-state index contributed by atoms with van der Waals surface area (Å²) < 4.78 is 3.14. The largest absolute Gasteiger partial charge is 0.353 e. The van der Waals surface area contributed by atoms with E-state index in [1.54, 1.807) is 11.6 Å². The summed E-state index contributed by atoms with van der Waals surface area (Å²) in [6.07, 6.45) is 0.947. The second-order valence-corrected chi connectivity index (χ2v) is 4.62. The van der Waals surface area contributed by atoms with Crippen molar-refractivity contribution in [1.82, 2.24) is 19.1 Å². The normalized spacial score (nSPS) is 12.8. The van der Waals surface area contributed by atoms with Gasteiger partial charge in [-0.25, -0.2) is 4.79 Å². The Bertz CT molecular complexity index is 709. The van der Waals surface area contributed by atoms with Gasteiger partial charge in [-0.05, 0) is 20.3 Å². The van der Waals surface area contributed by atoms with Crippen LogP contribution in [0.5, 0.6) is 0 Å². The van der Waals surface area contributed by atoms with Gasteiger partial charge in [0.05, 0.1) is 0 Å². The summed E-state index contributed by atoms with van der Waals surface area (Å²) in [7, 11) is 1.60. The molecule has 19 heavy (non-hydrogen) atoms. The zero-order valence-corrected chi connectivity index (χ0v) is 11.6. The predicted molar refractivity (Wildman–Crippen MR) is 74.6 cm³/mol. The molecular weight excluding hydrogens is 246 g/mol.